The summed E-state index contributed by atoms with van der Waals surface area (Å²) in [4.78, 5) is 22.4. The third-order valence-corrected chi connectivity index (χ3v) is 2.14. The SMILES string of the molecule is CC(=O)Nc1ccc(C(=O)NCCC(C)C)o1. The van der Waals surface area contributed by atoms with Crippen LogP contribution in [0, 0.1) is 5.92 Å². The van der Waals surface area contributed by atoms with E-state index in [2.05, 4.69) is 24.5 Å². The fourth-order valence-electron chi connectivity index (χ4n) is 1.26. The van der Waals surface area contributed by atoms with Gasteiger partial charge in [0.25, 0.3) is 5.91 Å². The summed E-state index contributed by atoms with van der Waals surface area (Å²) in [6, 6.07) is 3.09. The second kappa shape index (κ2) is 6.08. The summed E-state index contributed by atoms with van der Waals surface area (Å²) in [6.07, 6.45) is 0.922. The lowest BCUT2D eigenvalue weighted by molar-refractivity contribution is -0.114. The fraction of sp³-hybridized carbons (Fsp3) is 0.500. The molecule has 5 nitrogen and oxygen atoms in total. The molecule has 1 heterocycles. The lowest BCUT2D eigenvalue weighted by atomic mass is 10.1. The van der Waals surface area contributed by atoms with Gasteiger partial charge in [-0.15, -0.1) is 0 Å². The minimum atomic E-state index is -0.262. The molecule has 2 N–H and O–H groups in total. The first-order valence-electron chi connectivity index (χ1n) is 5.64. The van der Waals surface area contributed by atoms with Gasteiger partial charge in [0.2, 0.25) is 5.91 Å². The monoisotopic (exact) mass is 238 g/mol. The van der Waals surface area contributed by atoms with Crippen LogP contribution in [0.25, 0.3) is 0 Å². The van der Waals surface area contributed by atoms with Crippen molar-refractivity contribution in [3.05, 3.63) is 17.9 Å². The Balaban J connectivity index is 2.46. The third kappa shape index (κ3) is 4.72. The fourth-order valence-corrected chi connectivity index (χ4v) is 1.26. The average Bonchev–Trinajstić information content (AvgIpc) is 2.64. The highest BCUT2D eigenvalue weighted by Crippen LogP contribution is 2.13. The molecule has 0 fully saturated rings. The van der Waals surface area contributed by atoms with Gasteiger partial charge < -0.3 is 9.73 Å². The van der Waals surface area contributed by atoms with Gasteiger partial charge in [-0.25, -0.2) is 0 Å². The van der Waals surface area contributed by atoms with Gasteiger partial charge in [-0.05, 0) is 18.4 Å². The molecule has 0 aliphatic carbocycles. The summed E-state index contributed by atoms with van der Waals surface area (Å²) in [7, 11) is 0. The Morgan fingerprint density at radius 3 is 2.65 bits per heavy atom. The van der Waals surface area contributed by atoms with E-state index in [4.69, 9.17) is 4.42 Å². The molecule has 0 atom stereocenters. The van der Waals surface area contributed by atoms with Crippen LogP contribution in [0.2, 0.25) is 0 Å². The van der Waals surface area contributed by atoms with Gasteiger partial charge in [-0.3, -0.25) is 14.9 Å². The lowest BCUT2D eigenvalue weighted by Crippen LogP contribution is -2.24. The first-order valence-corrected chi connectivity index (χ1v) is 5.64. The Hall–Kier alpha value is -1.78. The van der Waals surface area contributed by atoms with Crippen LogP contribution in [-0.4, -0.2) is 18.4 Å². The maximum Gasteiger partial charge on any atom is 0.287 e. The predicted octanol–water partition coefficient (Wildman–Crippen LogP) is 2.01. The second-order valence-corrected chi connectivity index (χ2v) is 4.28. The molecule has 1 aromatic heterocycles. The van der Waals surface area contributed by atoms with Gasteiger partial charge in [-0.2, -0.15) is 0 Å². The maximum atomic E-state index is 11.6. The highest BCUT2D eigenvalue weighted by atomic mass is 16.4. The van der Waals surface area contributed by atoms with Gasteiger partial charge in [0.05, 0.1) is 0 Å². The topological polar surface area (TPSA) is 71.3 Å². The maximum absolute atomic E-state index is 11.6. The Morgan fingerprint density at radius 1 is 1.35 bits per heavy atom. The summed E-state index contributed by atoms with van der Waals surface area (Å²) in [5.41, 5.74) is 0. The van der Waals surface area contributed by atoms with E-state index in [0.29, 0.717) is 12.5 Å². The van der Waals surface area contributed by atoms with E-state index in [1.54, 1.807) is 6.07 Å². The van der Waals surface area contributed by atoms with Gasteiger partial charge in [0.1, 0.15) is 0 Å². The summed E-state index contributed by atoms with van der Waals surface area (Å²) < 4.78 is 5.17. The molecule has 0 spiro atoms. The molecule has 17 heavy (non-hydrogen) atoms. The normalized spacial score (nSPS) is 10.4. The summed E-state index contributed by atoms with van der Waals surface area (Å²) in [5, 5.41) is 5.22. The lowest BCUT2D eigenvalue weighted by Gasteiger charge is -2.05. The van der Waals surface area contributed by atoms with E-state index in [0.717, 1.165) is 6.42 Å². The van der Waals surface area contributed by atoms with E-state index in [1.807, 2.05) is 0 Å². The Labute approximate surface area is 101 Å². The van der Waals surface area contributed by atoms with Gasteiger partial charge in [0, 0.05) is 19.5 Å². The molecule has 1 aromatic rings. The average molecular weight is 238 g/mol. The van der Waals surface area contributed by atoms with Crippen LogP contribution in [0.5, 0.6) is 0 Å². The van der Waals surface area contributed by atoms with Crippen LogP contribution in [0.1, 0.15) is 37.7 Å². The standard InChI is InChI=1S/C12H18N2O3/c1-8(2)6-7-13-12(16)10-4-5-11(17-10)14-9(3)15/h4-5,8H,6-7H2,1-3H3,(H,13,16)(H,14,15). The number of furan rings is 1. The van der Waals surface area contributed by atoms with Crippen LogP contribution in [-0.2, 0) is 4.79 Å². The first kappa shape index (κ1) is 13.3. The number of nitrogens with one attached hydrogen (secondary N) is 2. The van der Waals surface area contributed by atoms with Gasteiger partial charge in [0.15, 0.2) is 11.6 Å². The first-order chi connectivity index (χ1) is 7.99. The number of anilines is 1. The van der Waals surface area contributed by atoms with Crippen molar-refractivity contribution < 1.29 is 14.0 Å². The largest absolute Gasteiger partial charge is 0.435 e. The van der Waals surface area contributed by atoms with E-state index >= 15 is 0 Å². The molecule has 0 saturated heterocycles. The summed E-state index contributed by atoms with van der Waals surface area (Å²) in [6.45, 7) is 6.18. The zero-order valence-electron chi connectivity index (χ0n) is 10.4. The molecule has 0 saturated carbocycles. The van der Waals surface area contributed by atoms with Crippen LogP contribution in [0.15, 0.2) is 16.5 Å². The zero-order valence-corrected chi connectivity index (χ0v) is 10.4. The number of carbonyl (C=O) groups excluding carboxylic acids is 2. The molecular formula is C12H18N2O3. The van der Waals surface area contributed by atoms with Crippen molar-refractivity contribution >= 4 is 17.7 Å². The molecule has 0 radical (unpaired) electrons. The number of carbonyl (C=O) groups is 2. The zero-order chi connectivity index (χ0) is 12.8. The van der Waals surface area contributed by atoms with Crippen molar-refractivity contribution in [1.29, 1.82) is 0 Å². The molecule has 0 bridgehead atoms. The number of hydrogen-bond donors (Lipinski definition) is 2. The van der Waals surface area contributed by atoms with Crippen molar-refractivity contribution in [1.82, 2.24) is 5.32 Å². The minimum Gasteiger partial charge on any atom is -0.435 e. The number of amides is 2. The molecule has 5 heteroatoms. The van der Waals surface area contributed by atoms with Crippen molar-refractivity contribution in [3.63, 3.8) is 0 Å². The molecule has 0 unspecified atom stereocenters. The van der Waals surface area contributed by atoms with Crippen molar-refractivity contribution in [2.75, 3.05) is 11.9 Å². The van der Waals surface area contributed by atoms with Crippen LogP contribution >= 0.6 is 0 Å². The van der Waals surface area contributed by atoms with Crippen molar-refractivity contribution in [2.24, 2.45) is 5.92 Å². The predicted molar refractivity (Wildman–Crippen MR) is 64.8 cm³/mol. The molecule has 0 aliphatic rings. The Kier molecular flexibility index (Phi) is 4.75. The minimum absolute atomic E-state index is 0.206. The molecule has 0 aliphatic heterocycles. The molecule has 1 rings (SSSR count). The number of hydrogen-bond acceptors (Lipinski definition) is 3. The van der Waals surface area contributed by atoms with E-state index in [-0.39, 0.29) is 23.5 Å². The third-order valence-electron chi connectivity index (χ3n) is 2.14. The van der Waals surface area contributed by atoms with Gasteiger partial charge >= 0.3 is 0 Å². The molecule has 2 amide bonds. The Bertz CT molecular complexity index is 396. The molecular weight excluding hydrogens is 220 g/mol. The highest BCUT2D eigenvalue weighted by Gasteiger charge is 2.11. The van der Waals surface area contributed by atoms with E-state index in [1.165, 1.54) is 13.0 Å². The molecule has 0 aromatic carbocycles. The number of rotatable bonds is 5. The van der Waals surface area contributed by atoms with Gasteiger partial charge in [-0.1, -0.05) is 13.8 Å². The second-order valence-electron chi connectivity index (χ2n) is 4.28. The highest BCUT2D eigenvalue weighted by molar-refractivity contribution is 5.93. The molecule has 94 valence electrons. The van der Waals surface area contributed by atoms with E-state index < -0.39 is 0 Å². The Morgan fingerprint density at radius 2 is 2.06 bits per heavy atom. The van der Waals surface area contributed by atoms with Crippen molar-refractivity contribution in [2.45, 2.75) is 27.2 Å². The summed E-state index contributed by atoms with van der Waals surface area (Å²) >= 11 is 0. The van der Waals surface area contributed by atoms with Crippen LogP contribution in [0.3, 0.4) is 0 Å². The van der Waals surface area contributed by atoms with Crippen LogP contribution in [0.4, 0.5) is 5.88 Å². The summed E-state index contributed by atoms with van der Waals surface area (Å²) in [5.74, 6) is 0.541. The van der Waals surface area contributed by atoms with Crippen molar-refractivity contribution in [3.8, 4) is 0 Å². The quantitative estimate of drug-likeness (QED) is 0.824. The van der Waals surface area contributed by atoms with Crippen LogP contribution < -0.4 is 10.6 Å². The van der Waals surface area contributed by atoms with E-state index in [9.17, 15) is 9.59 Å². The smallest absolute Gasteiger partial charge is 0.287 e.